The largest absolute Gasteiger partial charge is 0.436 e. The van der Waals surface area contributed by atoms with Crippen molar-refractivity contribution in [3.8, 4) is 11.6 Å². The van der Waals surface area contributed by atoms with Gasteiger partial charge in [-0.3, -0.25) is 0 Å². The lowest BCUT2D eigenvalue weighted by Crippen LogP contribution is -1.97. The average Bonchev–Trinajstić information content (AvgIpc) is 2.32. The zero-order valence-electron chi connectivity index (χ0n) is 8.62. The molecular formula is C10H5BrCl2FN3O. The molecule has 18 heavy (non-hydrogen) atoms. The smallest absolute Gasteiger partial charge is 0.243 e. The molecule has 0 atom stereocenters. The second-order valence-electron chi connectivity index (χ2n) is 3.18. The van der Waals surface area contributed by atoms with E-state index in [0.717, 1.165) is 6.07 Å². The van der Waals surface area contributed by atoms with E-state index in [1.54, 1.807) is 0 Å². The van der Waals surface area contributed by atoms with E-state index in [0.29, 0.717) is 4.47 Å². The lowest BCUT2D eigenvalue weighted by molar-refractivity contribution is 0.454. The van der Waals surface area contributed by atoms with Gasteiger partial charge in [0.1, 0.15) is 28.7 Å². The molecule has 1 aromatic heterocycles. The van der Waals surface area contributed by atoms with Crippen LogP contribution < -0.4 is 10.5 Å². The van der Waals surface area contributed by atoms with Gasteiger partial charge in [0.05, 0.1) is 9.50 Å². The minimum atomic E-state index is -0.618. The van der Waals surface area contributed by atoms with Crippen LogP contribution >= 0.6 is 39.1 Å². The fourth-order valence-electron chi connectivity index (χ4n) is 1.12. The van der Waals surface area contributed by atoms with Crippen LogP contribution in [0.3, 0.4) is 0 Å². The SMILES string of the molecule is Nc1ncnc(Oc2cc(F)c(Cl)cc2Br)c1Cl. The van der Waals surface area contributed by atoms with Crippen LogP contribution in [-0.4, -0.2) is 9.97 Å². The molecule has 0 fully saturated rings. The summed E-state index contributed by atoms with van der Waals surface area (Å²) in [4.78, 5) is 7.49. The molecule has 0 saturated heterocycles. The number of hydrogen-bond donors (Lipinski definition) is 1. The van der Waals surface area contributed by atoms with E-state index in [-0.39, 0.29) is 27.5 Å². The van der Waals surface area contributed by atoms with E-state index in [9.17, 15) is 4.39 Å². The van der Waals surface area contributed by atoms with Crippen LogP contribution in [0.4, 0.5) is 10.2 Å². The second-order valence-corrected chi connectivity index (χ2v) is 4.82. The molecule has 8 heteroatoms. The van der Waals surface area contributed by atoms with Crippen molar-refractivity contribution >= 4 is 44.9 Å². The summed E-state index contributed by atoms with van der Waals surface area (Å²) in [5.74, 6) is -0.330. The molecule has 2 rings (SSSR count). The third kappa shape index (κ3) is 2.66. The van der Waals surface area contributed by atoms with Gasteiger partial charge in [0.15, 0.2) is 0 Å². The van der Waals surface area contributed by atoms with E-state index in [4.69, 9.17) is 33.7 Å². The third-order valence-electron chi connectivity index (χ3n) is 1.97. The molecular weight excluding hydrogens is 348 g/mol. The van der Waals surface area contributed by atoms with Crippen LogP contribution in [0, 0.1) is 5.82 Å². The third-order valence-corrected chi connectivity index (χ3v) is 3.23. The zero-order valence-corrected chi connectivity index (χ0v) is 11.7. The Labute approximate surface area is 120 Å². The van der Waals surface area contributed by atoms with Crippen molar-refractivity contribution in [2.75, 3.05) is 5.73 Å². The average molecular weight is 353 g/mol. The Hall–Kier alpha value is -1.11. The normalized spacial score (nSPS) is 10.4. The van der Waals surface area contributed by atoms with Crippen molar-refractivity contribution in [3.05, 3.63) is 38.8 Å². The fourth-order valence-corrected chi connectivity index (χ4v) is 1.98. The molecule has 0 bridgehead atoms. The van der Waals surface area contributed by atoms with E-state index >= 15 is 0 Å². The van der Waals surface area contributed by atoms with Gasteiger partial charge >= 0.3 is 0 Å². The summed E-state index contributed by atoms with van der Waals surface area (Å²) in [7, 11) is 0. The molecule has 0 aliphatic heterocycles. The van der Waals surface area contributed by atoms with Gasteiger partial charge in [0.25, 0.3) is 0 Å². The Bertz CT molecular complexity index is 612. The van der Waals surface area contributed by atoms with Crippen molar-refractivity contribution < 1.29 is 9.13 Å². The minimum Gasteiger partial charge on any atom is -0.436 e. The Morgan fingerprint density at radius 3 is 2.72 bits per heavy atom. The van der Waals surface area contributed by atoms with Crippen LogP contribution in [0.2, 0.25) is 10.0 Å². The lowest BCUT2D eigenvalue weighted by Gasteiger charge is -2.09. The van der Waals surface area contributed by atoms with E-state index in [1.807, 2.05) is 0 Å². The van der Waals surface area contributed by atoms with E-state index < -0.39 is 5.82 Å². The predicted molar refractivity (Wildman–Crippen MR) is 70.6 cm³/mol. The summed E-state index contributed by atoms with van der Waals surface area (Å²) in [6, 6.07) is 2.48. The Balaban J connectivity index is 2.40. The van der Waals surface area contributed by atoms with Gasteiger partial charge in [-0.05, 0) is 22.0 Å². The molecule has 0 aliphatic carbocycles. The molecule has 0 saturated carbocycles. The molecule has 2 aromatic rings. The molecule has 1 heterocycles. The second kappa shape index (κ2) is 5.26. The van der Waals surface area contributed by atoms with Crippen molar-refractivity contribution in [2.45, 2.75) is 0 Å². The van der Waals surface area contributed by atoms with Crippen molar-refractivity contribution in [3.63, 3.8) is 0 Å². The molecule has 4 nitrogen and oxygen atoms in total. The van der Waals surface area contributed by atoms with Gasteiger partial charge < -0.3 is 10.5 Å². The van der Waals surface area contributed by atoms with Gasteiger partial charge in [0.2, 0.25) is 5.88 Å². The highest BCUT2D eigenvalue weighted by molar-refractivity contribution is 9.10. The van der Waals surface area contributed by atoms with Crippen molar-refractivity contribution in [2.24, 2.45) is 0 Å². The maximum Gasteiger partial charge on any atom is 0.243 e. The first-order valence-electron chi connectivity index (χ1n) is 4.57. The standard InChI is InChI=1S/C10H5BrCl2FN3O/c11-4-1-5(12)6(14)2-7(4)18-10-8(13)9(15)16-3-17-10/h1-3H,(H2,15,16,17). The first kappa shape index (κ1) is 13.3. The molecule has 0 spiro atoms. The van der Waals surface area contributed by atoms with Crippen LogP contribution in [-0.2, 0) is 0 Å². The van der Waals surface area contributed by atoms with Gasteiger partial charge in [-0.15, -0.1) is 0 Å². The van der Waals surface area contributed by atoms with E-state index in [2.05, 4.69) is 25.9 Å². The number of nitrogens with two attached hydrogens (primary N) is 1. The van der Waals surface area contributed by atoms with Gasteiger partial charge in [-0.1, -0.05) is 23.2 Å². The van der Waals surface area contributed by atoms with Gasteiger partial charge in [-0.2, -0.15) is 4.98 Å². The molecule has 0 aliphatic rings. The Morgan fingerprint density at radius 1 is 1.28 bits per heavy atom. The first-order chi connectivity index (χ1) is 8.49. The monoisotopic (exact) mass is 351 g/mol. The van der Waals surface area contributed by atoms with Crippen LogP contribution in [0.5, 0.6) is 11.6 Å². The summed E-state index contributed by atoms with van der Waals surface area (Å²) >= 11 is 14.7. The summed E-state index contributed by atoms with van der Waals surface area (Å²) in [5, 5.41) is 0.0299. The zero-order chi connectivity index (χ0) is 13.3. The highest BCUT2D eigenvalue weighted by atomic mass is 79.9. The molecule has 0 unspecified atom stereocenters. The predicted octanol–water partition coefficient (Wildman–Crippen LogP) is 4.06. The summed E-state index contributed by atoms with van der Waals surface area (Å²) in [6.07, 6.45) is 1.19. The van der Waals surface area contributed by atoms with Crippen molar-refractivity contribution in [1.82, 2.24) is 9.97 Å². The quantitative estimate of drug-likeness (QED) is 0.828. The highest BCUT2D eigenvalue weighted by Crippen LogP contribution is 2.36. The Morgan fingerprint density at radius 2 is 2.00 bits per heavy atom. The van der Waals surface area contributed by atoms with Crippen molar-refractivity contribution in [1.29, 1.82) is 0 Å². The number of nitrogen functional groups attached to an aromatic ring is 1. The highest BCUT2D eigenvalue weighted by Gasteiger charge is 2.13. The summed E-state index contributed by atoms with van der Waals surface area (Å²) in [6.45, 7) is 0. The molecule has 2 N–H and O–H groups in total. The maximum atomic E-state index is 13.3. The number of nitrogens with zero attached hydrogens (tertiary/aromatic N) is 2. The first-order valence-corrected chi connectivity index (χ1v) is 6.12. The Kier molecular flexibility index (Phi) is 3.89. The molecule has 94 valence electrons. The summed E-state index contributed by atoms with van der Waals surface area (Å²) < 4.78 is 19.1. The maximum absolute atomic E-state index is 13.3. The number of rotatable bonds is 2. The lowest BCUT2D eigenvalue weighted by atomic mass is 10.3. The fraction of sp³-hybridized carbons (Fsp3) is 0. The van der Waals surface area contributed by atoms with E-state index in [1.165, 1.54) is 12.4 Å². The van der Waals surface area contributed by atoms with Crippen LogP contribution in [0.25, 0.3) is 0 Å². The van der Waals surface area contributed by atoms with Gasteiger partial charge in [-0.25, -0.2) is 9.37 Å². The number of aromatic nitrogens is 2. The number of anilines is 1. The number of hydrogen-bond acceptors (Lipinski definition) is 4. The number of ether oxygens (including phenoxy) is 1. The van der Waals surface area contributed by atoms with Crippen LogP contribution in [0.1, 0.15) is 0 Å². The molecule has 0 radical (unpaired) electrons. The minimum absolute atomic E-state index is 0.0254. The topological polar surface area (TPSA) is 61.0 Å². The van der Waals surface area contributed by atoms with Gasteiger partial charge in [0, 0.05) is 6.07 Å². The molecule has 0 amide bonds. The summed E-state index contributed by atoms with van der Waals surface area (Å²) in [5.41, 5.74) is 5.50. The number of halogens is 4. The van der Waals surface area contributed by atoms with Crippen LogP contribution in [0.15, 0.2) is 22.9 Å². The molecule has 1 aromatic carbocycles. The number of benzene rings is 1.